The van der Waals surface area contributed by atoms with Crippen LogP contribution < -0.4 is 20.1 Å². The summed E-state index contributed by atoms with van der Waals surface area (Å²) in [5.41, 5.74) is 0.991. The van der Waals surface area contributed by atoms with Crippen molar-refractivity contribution in [2.75, 3.05) is 40.5 Å². The second-order valence-electron chi connectivity index (χ2n) is 5.18. The van der Waals surface area contributed by atoms with Crippen molar-refractivity contribution in [3.8, 4) is 11.5 Å². The van der Waals surface area contributed by atoms with Crippen molar-refractivity contribution < 1.29 is 14.2 Å². The Morgan fingerprint density at radius 3 is 2.52 bits per heavy atom. The number of halogens is 1. The summed E-state index contributed by atoms with van der Waals surface area (Å²) >= 11 is 0. The third-order valence-electron chi connectivity index (χ3n) is 3.45. The van der Waals surface area contributed by atoms with Gasteiger partial charge in [-0.3, -0.25) is 0 Å². The Hall–Kier alpha value is -1.22. The molecule has 0 fully saturated rings. The molecular formula is C18H32IN3O3. The molecule has 0 unspecified atom stereocenters. The lowest BCUT2D eigenvalue weighted by molar-refractivity contribution is 0.143. The van der Waals surface area contributed by atoms with E-state index in [1.54, 1.807) is 14.2 Å². The number of benzene rings is 1. The number of ether oxygens (including phenoxy) is 3. The predicted octanol–water partition coefficient (Wildman–Crippen LogP) is 3.19. The number of rotatable bonds is 11. The molecule has 0 saturated heterocycles. The average Bonchev–Trinajstić information content (AvgIpc) is 2.61. The fourth-order valence-electron chi connectivity index (χ4n) is 2.26. The zero-order valence-corrected chi connectivity index (χ0v) is 18.1. The van der Waals surface area contributed by atoms with E-state index in [0.717, 1.165) is 62.2 Å². The minimum absolute atomic E-state index is 0. The van der Waals surface area contributed by atoms with E-state index in [9.17, 15) is 0 Å². The van der Waals surface area contributed by atoms with E-state index < -0.39 is 0 Å². The third-order valence-corrected chi connectivity index (χ3v) is 3.45. The maximum Gasteiger partial charge on any atom is 0.191 e. The van der Waals surface area contributed by atoms with Gasteiger partial charge in [0, 0.05) is 31.9 Å². The van der Waals surface area contributed by atoms with Gasteiger partial charge in [-0.05, 0) is 32.8 Å². The van der Waals surface area contributed by atoms with E-state index >= 15 is 0 Å². The summed E-state index contributed by atoms with van der Waals surface area (Å²) in [6.45, 7) is 7.87. The van der Waals surface area contributed by atoms with E-state index in [0.29, 0.717) is 6.54 Å². The molecule has 25 heavy (non-hydrogen) atoms. The first-order valence-electron chi connectivity index (χ1n) is 8.56. The smallest absolute Gasteiger partial charge is 0.191 e. The van der Waals surface area contributed by atoms with Crippen LogP contribution in [0.15, 0.2) is 23.2 Å². The van der Waals surface area contributed by atoms with Crippen LogP contribution in [0.25, 0.3) is 0 Å². The SMILES string of the molecule is CCNC(=NCc1cccc(OC)c1OC)NCCCCOCC.I. The van der Waals surface area contributed by atoms with Gasteiger partial charge in [-0.2, -0.15) is 0 Å². The van der Waals surface area contributed by atoms with Gasteiger partial charge in [-0.25, -0.2) is 4.99 Å². The molecule has 0 heterocycles. The van der Waals surface area contributed by atoms with Crippen molar-refractivity contribution in [1.29, 1.82) is 0 Å². The highest BCUT2D eigenvalue weighted by Crippen LogP contribution is 2.30. The Balaban J connectivity index is 0.00000576. The number of guanidine groups is 1. The fourth-order valence-corrected chi connectivity index (χ4v) is 2.26. The second-order valence-corrected chi connectivity index (χ2v) is 5.18. The molecule has 2 N–H and O–H groups in total. The summed E-state index contributed by atoms with van der Waals surface area (Å²) < 4.78 is 16.1. The number of aliphatic imine (C=N–C) groups is 1. The van der Waals surface area contributed by atoms with Crippen LogP contribution in [-0.4, -0.2) is 46.5 Å². The summed E-state index contributed by atoms with van der Waals surface area (Å²) in [7, 11) is 3.28. The summed E-state index contributed by atoms with van der Waals surface area (Å²) in [6, 6.07) is 5.82. The van der Waals surface area contributed by atoms with Gasteiger partial charge in [0.05, 0.1) is 20.8 Å². The van der Waals surface area contributed by atoms with Gasteiger partial charge in [0.15, 0.2) is 17.5 Å². The molecule has 0 aliphatic rings. The van der Waals surface area contributed by atoms with Gasteiger partial charge >= 0.3 is 0 Å². The van der Waals surface area contributed by atoms with Gasteiger partial charge in [0.1, 0.15) is 0 Å². The number of hydrogen-bond donors (Lipinski definition) is 2. The number of nitrogens with zero attached hydrogens (tertiary/aromatic N) is 1. The van der Waals surface area contributed by atoms with Gasteiger partial charge in [0.25, 0.3) is 0 Å². The summed E-state index contributed by atoms with van der Waals surface area (Å²) in [6.07, 6.45) is 2.09. The molecule has 0 aliphatic carbocycles. The second kappa shape index (κ2) is 15.1. The fraction of sp³-hybridized carbons (Fsp3) is 0.611. The number of nitrogens with one attached hydrogen (secondary N) is 2. The van der Waals surface area contributed by atoms with Gasteiger partial charge in [0.2, 0.25) is 0 Å². The average molecular weight is 465 g/mol. The minimum atomic E-state index is 0. The molecule has 0 aromatic heterocycles. The Kier molecular flexibility index (Phi) is 14.3. The lowest BCUT2D eigenvalue weighted by Crippen LogP contribution is -2.37. The Labute approximate surface area is 168 Å². The molecule has 0 spiro atoms. The Bertz CT molecular complexity index is 498. The maximum absolute atomic E-state index is 5.45. The Morgan fingerprint density at radius 1 is 1.08 bits per heavy atom. The van der Waals surface area contributed by atoms with E-state index in [1.807, 2.05) is 25.1 Å². The van der Waals surface area contributed by atoms with E-state index in [2.05, 4.69) is 22.5 Å². The number of unbranched alkanes of at least 4 members (excludes halogenated alkanes) is 1. The first-order valence-corrected chi connectivity index (χ1v) is 8.56. The molecule has 0 amide bonds. The highest BCUT2D eigenvalue weighted by Gasteiger charge is 2.09. The highest BCUT2D eigenvalue weighted by molar-refractivity contribution is 14.0. The van der Waals surface area contributed by atoms with Crippen molar-refractivity contribution in [1.82, 2.24) is 10.6 Å². The van der Waals surface area contributed by atoms with E-state index in [1.165, 1.54) is 0 Å². The number of methoxy groups -OCH3 is 2. The molecule has 0 aliphatic heterocycles. The monoisotopic (exact) mass is 465 g/mol. The van der Waals surface area contributed by atoms with Crippen molar-refractivity contribution in [2.24, 2.45) is 4.99 Å². The van der Waals surface area contributed by atoms with Gasteiger partial charge < -0.3 is 24.8 Å². The molecule has 144 valence electrons. The highest BCUT2D eigenvalue weighted by atomic mass is 127. The van der Waals surface area contributed by atoms with Crippen LogP contribution in [0.4, 0.5) is 0 Å². The van der Waals surface area contributed by atoms with Crippen molar-refractivity contribution >= 4 is 29.9 Å². The van der Waals surface area contributed by atoms with E-state index in [4.69, 9.17) is 14.2 Å². The minimum Gasteiger partial charge on any atom is -0.493 e. The zero-order chi connectivity index (χ0) is 17.6. The van der Waals surface area contributed by atoms with Gasteiger partial charge in [-0.15, -0.1) is 24.0 Å². The summed E-state index contributed by atoms with van der Waals surface area (Å²) in [5.74, 6) is 2.26. The molecule has 1 aromatic carbocycles. The molecule has 6 nitrogen and oxygen atoms in total. The number of hydrogen-bond acceptors (Lipinski definition) is 4. The number of para-hydroxylation sites is 1. The molecule has 0 saturated carbocycles. The Morgan fingerprint density at radius 2 is 1.88 bits per heavy atom. The van der Waals surface area contributed by atoms with Crippen LogP contribution in [-0.2, 0) is 11.3 Å². The van der Waals surface area contributed by atoms with Crippen molar-refractivity contribution in [3.05, 3.63) is 23.8 Å². The third kappa shape index (κ3) is 9.15. The standard InChI is InChI=1S/C18H31N3O3.HI/c1-5-19-18(20-12-7-8-13-24-6-2)21-14-15-10-9-11-16(22-3)17(15)23-4;/h9-11H,5-8,12-14H2,1-4H3,(H2,19,20,21);1H. The molecular weight excluding hydrogens is 433 g/mol. The molecule has 7 heteroatoms. The molecule has 1 aromatic rings. The molecule has 0 atom stereocenters. The van der Waals surface area contributed by atoms with Crippen LogP contribution >= 0.6 is 24.0 Å². The molecule has 0 bridgehead atoms. The molecule has 0 radical (unpaired) electrons. The summed E-state index contributed by atoms with van der Waals surface area (Å²) in [5, 5.41) is 6.60. The van der Waals surface area contributed by atoms with Crippen LogP contribution in [0, 0.1) is 0 Å². The van der Waals surface area contributed by atoms with Crippen molar-refractivity contribution in [3.63, 3.8) is 0 Å². The largest absolute Gasteiger partial charge is 0.493 e. The predicted molar refractivity (Wildman–Crippen MR) is 114 cm³/mol. The van der Waals surface area contributed by atoms with Crippen LogP contribution in [0.5, 0.6) is 11.5 Å². The zero-order valence-electron chi connectivity index (χ0n) is 15.8. The van der Waals surface area contributed by atoms with Crippen molar-refractivity contribution in [2.45, 2.75) is 33.2 Å². The quantitative estimate of drug-likeness (QED) is 0.228. The summed E-state index contributed by atoms with van der Waals surface area (Å²) in [4.78, 5) is 4.63. The van der Waals surface area contributed by atoms with E-state index in [-0.39, 0.29) is 24.0 Å². The lowest BCUT2D eigenvalue weighted by atomic mass is 10.2. The first-order chi connectivity index (χ1) is 11.8. The van der Waals surface area contributed by atoms with Crippen LogP contribution in [0.1, 0.15) is 32.3 Å². The maximum atomic E-state index is 5.45. The van der Waals surface area contributed by atoms with Crippen LogP contribution in [0.3, 0.4) is 0 Å². The van der Waals surface area contributed by atoms with Crippen LogP contribution in [0.2, 0.25) is 0 Å². The van der Waals surface area contributed by atoms with Gasteiger partial charge in [-0.1, -0.05) is 12.1 Å². The first kappa shape index (κ1) is 23.8. The topological polar surface area (TPSA) is 64.1 Å². The lowest BCUT2D eigenvalue weighted by Gasteiger charge is -2.13. The normalized spacial score (nSPS) is 10.8. The molecule has 1 rings (SSSR count).